The largest absolute Gasteiger partial charge is 0.370 e. The maximum atomic E-state index is 13.6. The van der Waals surface area contributed by atoms with Gasteiger partial charge in [-0.3, -0.25) is 14.6 Å². The quantitative estimate of drug-likeness (QED) is 0.578. The third-order valence-corrected chi connectivity index (χ3v) is 8.36. The predicted octanol–water partition coefficient (Wildman–Crippen LogP) is 3.01. The van der Waals surface area contributed by atoms with E-state index >= 15 is 0 Å². The molecule has 3 heterocycles. The van der Waals surface area contributed by atoms with Crippen LogP contribution in [0.5, 0.6) is 0 Å². The van der Waals surface area contributed by atoms with Gasteiger partial charge in [-0.05, 0) is 62.4 Å². The molecule has 2 fully saturated rings. The molecule has 9 nitrogen and oxygen atoms in total. The first kappa shape index (κ1) is 25.1. The van der Waals surface area contributed by atoms with E-state index in [1.807, 2.05) is 0 Å². The number of rotatable bonds is 8. The van der Waals surface area contributed by atoms with Crippen LogP contribution in [0.2, 0.25) is 0 Å². The number of hydrogen-bond acceptors (Lipinski definition) is 6. The summed E-state index contributed by atoms with van der Waals surface area (Å²) in [6.07, 6.45) is 9.15. The Morgan fingerprint density at radius 3 is 2.34 bits per heavy atom. The molecule has 1 aromatic heterocycles. The summed E-state index contributed by atoms with van der Waals surface area (Å²) in [6, 6.07) is 8.38. The first-order valence-corrected chi connectivity index (χ1v) is 13.8. The van der Waals surface area contributed by atoms with E-state index in [1.54, 1.807) is 41.0 Å². The zero-order valence-electron chi connectivity index (χ0n) is 19.9. The highest BCUT2D eigenvalue weighted by Crippen LogP contribution is 2.32. The highest BCUT2D eigenvalue weighted by molar-refractivity contribution is 7.89. The number of sulfonamides is 1. The molecular formula is C25H33N5O4S. The lowest BCUT2D eigenvalue weighted by atomic mass is 10.1. The Labute approximate surface area is 207 Å². The molecule has 4 rings (SSSR count). The van der Waals surface area contributed by atoms with E-state index in [0.29, 0.717) is 24.5 Å². The number of carbonyl (C=O) groups is 2. The summed E-state index contributed by atoms with van der Waals surface area (Å²) in [5.41, 5.74) is 1.53. The minimum absolute atomic E-state index is 0.0887. The molecule has 2 amide bonds. The Kier molecular flexibility index (Phi) is 8.35. The Hall–Kier alpha value is -2.98. The zero-order chi connectivity index (χ0) is 24.7. The van der Waals surface area contributed by atoms with Crippen molar-refractivity contribution in [3.05, 3.63) is 48.3 Å². The summed E-state index contributed by atoms with van der Waals surface area (Å²) < 4.78 is 28.8. The number of nitrogens with one attached hydrogen (secondary N) is 2. The highest BCUT2D eigenvalue weighted by atomic mass is 32.2. The number of piperidine rings is 2. The first-order valence-electron chi connectivity index (χ1n) is 12.3. The van der Waals surface area contributed by atoms with Gasteiger partial charge in [0.15, 0.2) is 0 Å². The second-order valence-corrected chi connectivity index (χ2v) is 10.9. The van der Waals surface area contributed by atoms with Crippen molar-refractivity contribution in [2.75, 3.05) is 42.9 Å². The van der Waals surface area contributed by atoms with Crippen molar-refractivity contribution < 1.29 is 18.0 Å². The molecule has 2 saturated heterocycles. The molecule has 0 saturated carbocycles. The van der Waals surface area contributed by atoms with Gasteiger partial charge in [0.05, 0.1) is 17.6 Å². The van der Waals surface area contributed by atoms with Crippen molar-refractivity contribution in [2.45, 2.75) is 49.8 Å². The van der Waals surface area contributed by atoms with Crippen LogP contribution in [0.25, 0.3) is 0 Å². The summed E-state index contributed by atoms with van der Waals surface area (Å²) >= 11 is 0. The van der Waals surface area contributed by atoms with E-state index in [-0.39, 0.29) is 29.3 Å². The predicted molar refractivity (Wildman–Crippen MR) is 135 cm³/mol. The van der Waals surface area contributed by atoms with Gasteiger partial charge in [-0.2, -0.15) is 4.31 Å². The second kappa shape index (κ2) is 11.6. The lowest BCUT2D eigenvalue weighted by Gasteiger charge is -2.33. The molecular weight excluding hydrogens is 466 g/mol. The number of pyridine rings is 1. The monoisotopic (exact) mass is 499 g/mol. The number of amides is 2. The Morgan fingerprint density at radius 2 is 1.66 bits per heavy atom. The number of carbonyl (C=O) groups excluding carboxylic acids is 2. The average Bonchev–Trinajstić information content (AvgIpc) is 2.90. The minimum atomic E-state index is -3.72. The Bertz CT molecular complexity index is 1130. The van der Waals surface area contributed by atoms with Gasteiger partial charge in [-0.1, -0.05) is 6.42 Å². The third kappa shape index (κ3) is 6.37. The van der Waals surface area contributed by atoms with Crippen molar-refractivity contribution in [1.82, 2.24) is 14.6 Å². The summed E-state index contributed by atoms with van der Waals surface area (Å²) in [5.74, 6) is -0.647. The van der Waals surface area contributed by atoms with E-state index in [9.17, 15) is 18.0 Å². The van der Waals surface area contributed by atoms with Gasteiger partial charge in [0.1, 0.15) is 4.90 Å². The Balaban J connectivity index is 1.47. The van der Waals surface area contributed by atoms with E-state index in [4.69, 9.17) is 0 Å². The van der Waals surface area contributed by atoms with Crippen LogP contribution < -0.4 is 15.5 Å². The molecule has 0 radical (unpaired) electrons. The van der Waals surface area contributed by atoms with Crippen LogP contribution in [0.4, 0.5) is 11.4 Å². The topological polar surface area (TPSA) is 112 Å². The summed E-state index contributed by atoms with van der Waals surface area (Å²) in [5, 5.41) is 5.46. The maximum Gasteiger partial charge on any atom is 0.251 e. The molecule has 0 spiro atoms. The van der Waals surface area contributed by atoms with Gasteiger partial charge in [0, 0.05) is 50.9 Å². The number of benzene rings is 1. The molecule has 0 unspecified atom stereocenters. The van der Waals surface area contributed by atoms with Gasteiger partial charge >= 0.3 is 0 Å². The third-order valence-electron chi connectivity index (χ3n) is 6.43. The number of aromatic nitrogens is 1. The van der Waals surface area contributed by atoms with Crippen molar-refractivity contribution in [2.24, 2.45) is 0 Å². The van der Waals surface area contributed by atoms with Crippen molar-refractivity contribution in [3.8, 4) is 0 Å². The molecule has 10 heteroatoms. The maximum absolute atomic E-state index is 13.6. The van der Waals surface area contributed by atoms with Crippen molar-refractivity contribution >= 4 is 33.2 Å². The average molecular weight is 500 g/mol. The molecule has 1 aromatic carbocycles. The molecule has 2 N–H and O–H groups in total. The normalized spacial score (nSPS) is 17.1. The van der Waals surface area contributed by atoms with Crippen LogP contribution in [-0.4, -0.2) is 62.2 Å². The van der Waals surface area contributed by atoms with Crippen LogP contribution in [0.1, 0.15) is 55.3 Å². The molecule has 0 atom stereocenters. The summed E-state index contributed by atoms with van der Waals surface area (Å²) in [4.78, 5) is 31.2. The molecule has 188 valence electrons. The van der Waals surface area contributed by atoms with Gasteiger partial charge in [-0.15, -0.1) is 0 Å². The molecule has 35 heavy (non-hydrogen) atoms. The minimum Gasteiger partial charge on any atom is -0.370 e. The van der Waals surface area contributed by atoms with E-state index < -0.39 is 15.9 Å². The standard InChI is InChI=1S/C25H33N5O4S/c31-24(28-21-8-7-12-26-19-21)11-13-27-25(32)20-9-10-22(29-14-3-1-4-15-29)23(18-20)35(33,34)30-16-5-2-6-17-30/h7-10,12,18-19H,1-6,11,13-17H2,(H,27,32)(H,28,31). The van der Waals surface area contributed by atoms with E-state index in [0.717, 1.165) is 51.6 Å². The fraction of sp³-hybridized carbons (Fsp3) is 0.480. The van der Waals surface area contributed by atoms with Crippen LogP contribution in [0, 0.1) is 0 Å². The van der Waals surface area contributed by atoms with Crippen LogP contribution in [0.3, 0.4) is 0 Å². The number of anilines is 2. The SMILES string of the molecule is O=C(CCNC(=O)c1ccc(N2CCCCC2)c(S(=O)(=O)N2CCCCC2)c1)Nc1cccnc1. The number of hydrogen-bond donors (Lipinski definition) is 2. The van der Waals surface area contributed by atoms with Gasteiger partial charge in [0.2, 0.25) is 15.9 Å². The smallest absolute Gasteiger partial charge is 0.251 e. The Morgan fingerprint density at radius 1 is 0.943 bits per heavy atom. The molecule has 2 aliphatic heterocycles. The lowest BCUT2D eigenvalue weighted by Crippen LogP contribution is -2.38. The van der Waals surface area contributed by atoms with Crippen LogP contribution in [0.15, 0.2) is 47.6 Å². The van der Waals surface area contributed by atoms with Crippen molar-refractivity contribution in [3.63, 3.8) is 0 Å². The highest BCUT2D eigenvalue weighted by Gasteiger charge is 2.31. The summed E-state index contributed by atoms with van der Waals surface area (Å²) in [6.45, 7) is 2.75. The lowest BCUT2D eigenvalue weighted by molar-refractivity contribution is -0.116. The van der Waals surface area contributed by atoms with Gasteiger partial charge in [-0.25, -0.2) is 8.42 Å². The fourth-order valence-electron chi connectivity index (χ4n) is 4.55. The molecule has 2 aromatic rings. The first-order chi connectivity index (χ1) is 16.9. The van der Waals surface area contributed by atoms with Crippen LogP contribution in [-0.2, 0) is 14.8 Å². The van der Waals surface area contributed by atoms with E-state index in [2.05, 4.69) is 20.5 Å². The molecule has 0 aliphatic carbocycles. The van der Waals surface area contributed by atoms with E-state index in [1.165, 1.54) is 6.07 Å². The van der Waals surface area contributed by atoms with Crippen LogP contribution >= 0.6 is 0 Å². The zero-order valence-corrected chi connectivity index (χ0v) is 20.7. The van der Waals surface area contributed by atoms with Gasteiger partial charge < -0.3 is 15.5 Å². The second-order valence-electron chi connectivity index (χ2n) is 8.99. The molecule has 2 aliphatic rings. The van der Waals surface area contributed by atoms with Gasteiger partial charge in [0.25, 0.3) is 5.91 Å². The number of nitrogens with zero attached hydrogens (tertiary/aromatic N) is 3. The summed E-state index contributed by atoms with van der Waals surface area (Å²) in [7, 11) is -3.72. The molecule has 0 bridgehead atoms. The van der Waals surface area contributed by atoms with Crippen molar-refractivity contribution in [1.29, 1.82) is 0 Å². The fourth-order valence-corrected chi connectivity index (χ4v) is 6.31.